The van der Waals surface area contributed by atoms with Gasteiger partial charge < -0.3 is 10.1 Å². The minimum Gasteiger partial charge on any atom is -0.381 e. The molecule has 0 amide bonds. The lowest BCUT2D eigenvalue weighted by atomic mass is 9.85. The monoisotopic (exact) mass is 265 g/mol. The van der Waals surface area contributed by atoms with E-state index in [2.05, 4.69) is 12.2 Å². The highest BCUT2D eigenvalue weighted by atomic mass is 19.1. The van der Waals surface area contributed by atoms with Gasteiger partial charge in [0.2, 0.25) is 0 Å². The molecule has 1 fully saturated rings. The van der Waals surface area contributed by atoms with E-state index in [0.717, 1.165) is 44.6 Å². The molecule has 0 radical (unpaired) electrons. The molecular formula is C16H24FNO. The average Bonchev–Trinajstić information content (AvgIpc) is 2.42. The molecule has 1 aromatic carbocycles. The highest BCUT2D eigenvalue weighted by Gasteiger charge is 2.26. The molecule has 1 aliphatic rings. The molecule has 1 aliphatic heterocycles. The lowest BCUT2D eigenvalue weighted by molar-refractivity contribution is 0.0535. The molecule has 1 saturated heterocycles. The fraction of sp³-hybridized carbons (Fsp3) is 0.625. The number of halogens is 1. The summed E-state index contributed by atoms with van der Waals surface area (Å²) in [7, 11) is 0. The summed E-state index contributed by atoms with van der Waals surface area (Å²) < 4.78 is 18.7. The molecule has 1 unspecified atom stereocenters. The number of benzene rings is 1. The van der Waals surface area contributed by atoms with Crippen molar-refractivity contribution in [2.75, 3.05) is 19.8 Å². The van der Waals surface area contributed by atoms with Gasteiger partial charge in [0.25, 0.3) is 0 Å². The first kappa shape index (κ1) is 14.5. The number of rotatable bonds is 5. The Morgan fingerprint density at radius 3 is 2.74 bits per heavy atom. The van der Waals surface area contributed by atoms with Crippen molar-refractivity contribution in [1.82, 2.24) is 5.32 Å². The molecular weight excluding hydrogens is 241 g/mol. The number of nitrogens with one attached hydrogen (secondary N) is 1. The van der Waals surface area contributed by atoms with Crippen LogP contribution in [-0.2, 0) is 4.74 Å². The summed E-state index contributed by atoms with van der Waals surface area (Å²) in [6, 6.07) is 5.47. The fourth-order valence-corrected chi connectivity index (χ4v) is 2.87. The summed E-state index contributed by atoms with van der Waals surface area (Å²) in [4.78, 5) is 0. The summed E-state index contributed by atoms with van der Waals surface area (Å²) in [6.07, 6.45) is 3.27. The zero-order valence-electron chi connectivity index (χ0n) is 11.9. The molecule has 2 rings (SSSR count). The Labute approximate surface area is 115 Å². The van der Waals surface area contributed by atoms with Crippen molar-refractivity contribution in [3.8, 4) is 0 Å². The Hall–Kier alpha value is -0.930. The van der Waals surface area contributed by atoms with Crippen molar-refractivity contribution in [3.63, 3.8) is 0 Å². The maximum absolute atomic E-state index is 13.3. The Morgan fingerprint density at radius 2 is 2.11 bits per heavy atom. The SMILES string of the molecule is CCCNC(c1ccc(F)cc1C)C1CCOCC1. The van der Waals surface area contributed by atoms with Gasteiger partial charge >= 0.3 is 0 Å². The molecule has 106 valence electrons. The van der Waals surface area contributed by atoms with Gasteiger partial charge in [-0.2, -0.15) is 0 Å². The molecule has 1 heterocycles. The quantitative estimate of drug-likeness (QED) is 0.878. The molecule has 0 saturated carbocycles. The van der Waals surface area contributed by atoms with Crippen LogP contribution in [-0.4, -0.2) is 19.8 Å². The van der Waals surface area contributed by atoms with Crippen molar-refractivity contribution in [1.29, 1.82) is 0 Å². The van der Waals surface area contributed by atoms with Crippen LogP contribution in [0.4, 0.5) is 4.39 Å². The summed E-state index contributed by atoms with van der Waals surface area (Å²) in [5.74, 6) is 0.437. The minimum absolute atomic E-state index is 0.150. The van der Waals surface area contributed by atoms with Gasteiger partial charge in [0.05, 0.1) is 0 Å². The summed E-state index contributed by atoms with van der Waals surface area (Å²) in [5.41, 5.74) is 2.28. The number of aryl methyl sites for hydroxylation is 1. The molecule has 0 bridgehead atoms. The van der Waals surface area contributed by atoms with E-state index in [9.17, 15) is 4.39 Å². The van der Waals surface area contributed by atoms with Crippen LogP contribution in [0.25, 0.3) is 0 Å². The third kappa shape index (κ3) is 3.77. The summed E-state index contributed by atoms with van der Waals surface area (Å²) in [6.45, 7) is 6.85. The van der Waals surface area contributed by atoms with Crippen molar-refractivity contribution in [3.05, 3.63) is 35.1 Å². The van der Waals surface area contributed by atoms with Crippen LogP contribution >= 0.6 is 0 Å². The first-order valence-corrected chi connectivity index (χ1v) is 7.29. The highest BCUT2D eigenvalue weighted by Crippen LogP contribution is 2.32. The lowest BCUT2D eigenvalue weighted by Crippen LogP contribution is -2.33. The molecule has 3 heteroatoms. The van der Waals surface area contributed by atoms with Crippen LogP contribution in [0.15, 0.2) is 18.2 Å². The van der Waals surface area contributed by atoms with Gasteiger partial charge in [-0.05, 0) is 61.9 Å². The molecule has 1 N–H and O–H groups in total. The number of hydrogen-bond donors (Lipinski definition) is 1. The third-order valence-electron chi connectivity index (χ3n) is 3.92. The molecule has 0 aliphatic carbocycles. The fourth-order valence-electron chi connectivity index (χ4n) is 2.87. The third-order valence-corrected chi connectivity index (χ3v) is 3.92. The van der Waals surface area contributed by atoms with E-state index in [4.69, 9.17) is 4.74 Å². The molecule has 1 atom stereocenters. The second-order valence-electron chi connectivity index (χ2n) is 5.38. The number of hydrogen-bond acceptors (Lipinski definition) is 2. The van der Waals surface area contributed by atoms with Crippen LogP contribution in [0.3, 0.4) is 0 Å². The van der Waals surface area contributed by atoms with Crippen molar-refractivity contribution >= 4 is 0 Å². The van der Waals surface area contributed by atoms with Crippen LogP contribution in [0.2, 0.25) is 0 Å². The van der Waals surface area contributed by atoms with Gasteiger partial charge in [0.15, 0.2) is 0 Å². The predicted molar refractivity (Wildman–Crippen MR) is 75.7 cm³/mol. The van der Waals surface area contributed by atoms with Crippen molar-refractivity contribution in [2.24, 2.45) is 5.92 Å². The van der Waals surface area contributed by atoms with Gasteiger partial charge in [0.1, 0.15) is 5.82 Å². The highest BCUT2D eigenvalue weighted by molar-refractivity contribution is 5.30. The summed E-state index contributed by atoms with van der Waals surface area (Å²) in [5, 5.41) is 3.64. The van der Waals surface area contributed by atoms with E-state index < -0.39 is 0 Å². The first-order chi connectivity index (χ1) is 9.22. The van der Waals surface area contributed by atoms with E-state index in [1.807, 2.05) is 13.0 Å². The first-order valence-electron chi connectivity index (χ1n) is 7.29. The van der Waals surface area contributed by atoms with Crippen LogP contribution in [0.1, 0.15) is 43.4 Å². The van der Waals surface area contributed by atoms with E-state index in [-0.39, 0.29) is 5.82 Å². The Morgan fingerprint density at radius 1 is 1.37 bits per heavy atom. The normalized spacial score (nSPS) is 18.5. The van der Waals surface area contributed by atoms with Crippen LogP contribution in [0, 0.1) is 18.7 Å². The molecule has 2 nitrogen and oxygen atoms in total. The summed E-state index contributed by atoms with van der Waals surface area (Å²) >= 11 is 0. The van der Waals surface area contributed by atoms with Crippen LogP contribution < -0.4 is 5.32 Å². The van der Waals surface area contributed by atoms with Gasteiger partial charge in [-0.1, -0.05) is 13.0 Å². The Kier molecular flexibility index (Phi) is 5.34. The minimum atomic E-state index is -0.150. The second kappa shape index (κ2) is 7.01. The van der Waals surface area contributed by atoms with E-state index in [1.165, 1.54) is 5.56 Å². The van der Waals surface area contributed by atoms with Gasteiger partial charge in [-0.25, -0.2) is 4.39 Å². The standard InChI is InChI=1S/C16H24FNO/c1-3-8-18-16(13-6-9-19-10-7-13)15-5-4-14(17)11-12(15)2/h4-5,11,13,16,18H,3,6-10H2,1-2H3. The predicted octanol–water partition coefficient (Wildman–Crippen LogP) is 3.60. The van der Waals surface area contributed by atoms with Crippen LogP contribution in [0.5, 0.6) is 0 Å². The molecule has 0 spiro atoms. The maximum atomic E-state index is 13.3. The largest absolute Gasteiger partial charge is 0.381 e. The average molecular weight is 265 g/mol. The zero-order valence-corrected chi connectivity index (χ0v) is 11.9. The van der Waals surface area contributed by atoms with Gasteiger partial charge in [-0.3, -0.25) is 0 Å². The Balaban J connectivity index is 2.19. The number of ether oxygens (including phenoxy) is 1. The van der Waals surface area contributed by atoms with E-state index in [0.29, 0.717) is 12.0 Å². The molecule has 0 aromatic heterocycles. The lowest BCUT2D eigenvalue weighted by Gasteiger charge is -2.32. The Bertz CT molecular complexity index is 402. The van der Waals surface area contributed by atoms with Gasteiger partial charge in [0, 0.05) is 19.3 Å². The zero-order chi connectivity index (χ0) is 13.7. The van der Waals surface area contributed by atoms with E-state index in [1.54, 1.807) is 12.1 Å². The van der Waals surface area contributed by atoms with Crippen molar-refractivity contribution < 1.29 is 9.13 Å². The van der Waals surface area contributed by atoms with Crippen molar-refractivity contribution in [2.45, 2.75) is 39.2 Å². The van der Waals surface area contributed by atoms with Gasteiger partial charge in [-0.15, -0.1) is 0 Å². The van der Waals surface area contributed by atoms with E-state index >= 15 is 0 Å². The maximum Gasteiger partial charge on any atom is 0.123 e. The second-order valence-corrected chi connectivity index (χ2v) is 5.38. The molecule has 19 heavy (non-hydrogen) atoms. The molecule has 1 aromatic rings. The smallest absolute Gasteiger partial charge is 0.123 e. The topological polar surface area (TPSA) is 21.3 Å².